The fourth-order valence-corrected chi connectivity index (χ4v) is 23.3. The van der Waals surface area contributed by atoms with Gasteiger partial charge in [0.2, 0.25) is 0 Å². The maximum atomic E-state index is 6.77. The molecule has 0 nitrogen and oxygen atoms in total. The summed E-state index contributed by atoms with van der Waals surface area (Å²) in [5.41, 5.74) is 0. The van der Waals surface area contributed by atoms with Crippen LogP contribution >= 0.6 is 117 Å². The standard InChI is InChI=1S/C10H12Cl4S6/c1-4(11)2-5(12)3-6(13)9-16-7-15-8(17-9)19-10(14,18-7)20-9/h4-8H,2-3H2,1H3. The minimum absolute atomic E-state index is 0.00578. The van der Waals surface area contributed by atoms with Crippen LogP contribution in [0, 0.1) is 0 Å². The molecule has 0 spiro atoms. The van der Waals surface area contributed by atoms with Gasteiger partial charge in [-0.15, -0.1) is 70.1 Å². The second-order valence-corrected chi connectivity index (χ2v) is 19.2. The molecule has 0 aromatic heterocycles. The summed E-state index contributed by atoms with van der Waals surface area (Å²) in [7, 11) is 0. The summed E-state index contributed by atoms with van der Waals surface area (Å²) in [6, 6.07) is 0. The summed E-state index contributed by atoms with van der Waals surface area (Å²) in [6.07, 6.45) is 1.57. The molecule has 10 heteroatoms. The minimum atomic E-state index is -0.272. The zero-order valence-corrected chi connectivity index (χ0v) is 18.2. The largest absolute Gasteiger partial charge is 0.187 e. The highest BCUT2D eigenvalue weighted by Gasteiger charge is 2.63. The highest BCUT2D eigenvalue weighted by Crippen LogP contribution is 2.83. The van der Waals surface area contributed by atoms with Crippen molar-refractivity contribution in [2.75, 3.05) is 0 Å². The van der Waals surface area contributed by atoms with Crippen molar-refractivity contribution in [3.05, 3.63) is 0 Å². The van der Waals surface area contributed by atoms with Crippen LogP contribution in [0.3, 0.4) is 0 Å². The molecule has 0 radical (unpaired) electrons. The van der Waals surface area contributed by atoms with E-state index < -0.39 is 0 Å². The molecule has 5 atom stereocenters. The summed E-state index contributed by atoms with van der Waals surface area (Å²) >= 11 is 37.3. The summed E-state index contributed by atoms with van der Waals surface area (Å²) in [4.78, 5) is 0. The van der Waals surface area contributed by atoms with Gasteiger partial charge in [0.05, 0.1) is 5.38 Å². The van der Waals surface area contributed by atoms with E-state index in [4.69, 9.17) is 46.4 Å². The Labute approximate surface area is 165 Å². The average Bonchev–Trinajstić information content (AvgIpc) is 2.23. The number of rotatable bonds is 5. The zero-order chi connectivity index (χ0) is 14.5. The van der Waals surface area contributed by atoms with Gasteiger partial charge in [-0.1, -0.05) is 46.9 Å². The third-order valence-electron chi connectivity index (χ3n) is 2.91. The van der Waals surface area contributed by atoms with Gasteiger partial charge in [0, 0.05) is 10.8 Å². The smallest absolute Gasteiger partial charge is 0.123 e. The lowest BCUT2D eigenvalue weighted by molar-refractivity contribution is 0.662. The Morgan fingerprint density at radius 3 is 2.10 bits per heavy atom. The second-order valence-electron chi connectivity index (χ2n) is 4.69. The number of hydrogen-bond acceptors (Lipinski definition) is 6. The topological polar surface area (TPSA) is 0 Å². The normalized spacial score (nSPS) is 47.2. The Morgan fingerprint density at radius 2 is 1.60 bits per heavy atom. The van der Waals surface area contributed by atoms with Crippen LogP contribution < -0.4 is 0 Å². The van der Waals surface area contributed by atoms with E-state index in [1.165, 1.54) is 0 Å². The van der Waals surface area contributed by atoms with Crippen molar-refractivity contribution in [2.45, 2.75) is 50.0 Å². The summed E-state index contributed by atoms with van der Waals surface area (Å²) in [5.74, 6) is 0. The fourth-order valence-electron chi connectivity index (χ4n) is 2.10. The molecule has 4 rings (SSSR count). The molecular formula is C10H12Cl4S6. The molecule has 20 heavy (non-hydrogen) atoms. The van der Waals surface area contributed by atoms with E-state index in [0.717, 1.165) is 12.8 Å². The van der Waals surface area contributed by atoms with Crippen LogP contribution in [0.25, 0.3) is 0 Å². The van der Waals surface area contributed by atoms with Gasteiger partial charge in [-0.25, -0.2) is 0 Å². The highest BCUT2D eigenvalue weighted by atomic mass is 35.5. The summed E-state index contributed by atoms with van der Waals surface area (Å²) < 4.78 is 0.640. The van der Waals surface area contributed by atoms with Crippen LogP contribution in [-0.2, 0) is 0 Å². The van der Waals surface area contributed by atoms with Gasteiger partial charge >= 0.3 is 0 Å². The highest BCUT2D eigenvalue weighted by molar-refractivity contribution is 8.64. The lowest BCUT2D eigenvalue weighted by Crippen LogP contribution is -2.46. The van der Waals surface area contributed by atoms with Crippen molar-refractivity contribution in [3.8, 4) is 0 Å². The molecule has 4 aliphatic rings. The first-order chi connectivity index (χ1) is 9.30. The van der Waals surface area contributed by atoms with Gasteiger partial charge in [0.1, 0.15) is 11.2 Å². The maximum Gasteiger partial charge on any atom is 0.187 e. The molecule has 0 N–H and O–H groups in total. The van der Waals surface area contributed by atoms with Crippen LogP contribution in [0.1, 0.15) is 19.8 Å². The van der Waals surface area contributed by atoms with E-state index >= 15 is 0 Å². The van der Waals surface area contributed by atoms with Crippen molar-refractivity contribution < 1.29 is 0 Å². The van der Waals surface area contributed by atoms with Crippen molar-refractivity contribution >= 4 is 117 Å². The van der Waals surface area contributed by atoms with Gasteiger partial charge in [-0.05, 0) is 19.8 Å². The molecule has 0 aromatic rings. The monoisotopic (exact) mass is 464 g/mol. The molecule has 4 saturated heterocycles. The molecule has 4 heterocycles. The molecule has 0 amide bonds. The predicted octanol–water partition coefficient (Wildman–Crippen LogP) is 7.12. The molecule has 4 bridgehead atoms. The van der Waals surface area contributed by atoms with Crippen molar-refractivity contribution in [2.24, 2.45) is 0 Å². The van der Waals surface area contributed by atoms with Crippen molar-refractivity contribution in [3.63, 3.8) is 0 Å². The number of halogens is 4. The lowest BCUT2D eigenvalue weighted by atomic mass is 10.1. The van der Waals surface area contributed by atoms with E-state index in [1.54, 1.807) is 11.8 Å². The van der Waals surface area contributed by atoms with E-state index in [0.29, 0.717) is 7.83 Å². The second kappa shape index (κ2) is 6.87. The van der Waals surface area contributed by atoms with Crippen molar-refractivity contribution in [1.29, 1.82) is 0 Å². The van der Waals surface area contributed by atoms with Gasteiger partial charge in [-0.3, -0.25) is 0 Å². The van der Waals surface area contributed by atoms with Crippen LogP contribution in [0.4, 0.5) is 0 Å². The van der Waals surface area contributed by atoms with Gasteiger partial charge < -0.3 is 0 Å². The van der Waals surface area contributed by atoms with Gasteiger partial charge in [0.15, 0.2) is 2.87 Å². The van der Waals surface area contributed by atoms with Gasteiger partial charge in [-0.2, -0.15) is 0 Å². The fraction of sp³-hybridized carbons (Fsp3) is 1.00. The minimum Gasteiger partial charge on any atom is -0.123 e. The zero-order valence-electron chi connectivity index (χ0n) is 10.3. The SMILES string of the molecule is CC(Cl)CC(Cl)CC(Cl)C12SC3SC(SC(Cl)(S3)S1)S2. The summed E-state index contributed by atoms with van der Waals surface area (Å²) in [5, 5.41) is 0.122. The van der Waals surface area contributed by atoms with E-state index in [2.05, 4.69) is 0 Å². The van der Waals surface area contributed by atoms with Crippen LogP contribution in [0.15, 0.2) is 0 Å². The molecule has 0 saturated carbocycles. The molecule has 4 aliphatic heterocycles. The molecule has 0 aliphatic carbocycles. The number of alkyl halides is 4. The van der Waals surface area contributed by atoms with E-state index in [9.17, 15) is 0 Å². The average molecular weight is 466 g/mol. The van der Waals surface area contributed by atoms with Crippen LogP contribution in [-0.4, -0.2) is 30.2 Å². The predicted molar refractivity (Wildman–Crippen MR) is 108 cm³/mol. The molecule has 4 fully saturated rings. The molecule has 5 unspecified atom stereocenters. The first kappa shape index (κ1) is 18.1. The molecule has 116 valence electrons. The first-order valence-corrected chi connectivity index (χ1v) is 12.9. The Bertz CT molecular complexity index is 369. The Balaban J connectivity index is 1.69. The Hall–Kier alpha value is 3.26. The maximum absolute atomic E-state index is 6.77. The lowest BCUT2D eigenvalue weighted by Gasteiger charge is -2.57. The van der Waals surface area contributed by atoms with Crippen LogP contribution in [0.2, 0.25) is 0 Å². The van der Waals surface area contributed by atoms with Gasteiger partial charge in [0.25, 0.3) is 0 Å². The third kappa shape index (κ3) is 3.91. The Morgan fingerprint density at radius 1 is 1.00 bits per heavy atom. The van der Waals surface area contributed by atoms with Crippen molar-refractivity contribution in [1.82, 2.24) is 0 Å². The van der Waals surface area contributed by atoms with Crippen LogP contribution in [0.5, 0.6) is 0 Å². The van der Waals surface area contributed by atoms with E-state index in [-0.39, 0.29) is 22.4 Å². The molecule has 0 aromatic carbocycles. The molecular weight excluding hydrogens is 454 g/mol. The number of thioether (sulfide) groups is 6. The third-order valence-corrected chi connectivity index (χ3v) is 15.9. The summed E-state index contributed by atoms with van der Waals surface area (Å²) in [6.45, 7) is 1.97. The Kier molecular flexibility index (Phi) is 6.21. The number of hydrogen-bond donors (Lipinski definition) is 0. The quantitative estimate of drug-likeness (QED) is 0.393. The first-order valence-electron chi connectivity index (χ1n) is 5.98. The van der Waals surface area contributed by atoms with E-state index in [1.807, 2.05) is 65.7 Å².